The summed E-state index contributed by atoms with van der Waals surface area (Å²) in [6.07, 6.45) is 3.15. The fraction of sp³-hybridized carbons (Fsp3) is 0.240. The van der Waals surface area contributed by atoms with E-state index in [1.807, 2.05) is 30.0 Å². The average Bonchev–Trinajstić information content (AvgIpc) is 3.41. The molecule has 3 heterocycles. The van der Waals surface area contributed by atoms with Gasteiger partial charge in [-0.15, -0.1) is 11.3 Å². The molecule has 33 heavy (non-hydrogen) atoms. The van der Waals surface area contributed by atoms with E-state index in [1.54, 1.807) is 28.9 Å². The summed E-state index contributed by atoms with van der Waals surface area (Å²) in [7, 11) is 0. The number of amides is 2. The van der Waals surface area contributed by atoms with Gasteiger partial charge < -0.3 is 10.2 Å². The predicted molar refractivity (Wildman–Crippen MR) is 128 cm³/mol. The number of para-hydroxylation sites is 1. The molecule has 2 amide bonds. The number of nitrogens with one attached hydrogen (secondary N) is 1. The molecule has 1 N–H and O–H groups in total. The number of fused-ring (bicyclic) bond motifs is 1. The van der Waals surface area contributed by atoms with Gasteiger partial charge in [0.25, 0.3) is 11.8 Å². The molecule has 0 spiro atoms. The first-order valence-corrected chi connectivity index (χ1v) is 11.8. The smallest absolute Gasteiger partial charge is 0.265 e. The molecule has 1 fully saturated rings. The molecular formula is C25H23FN4O2S. The molecule has 168 valence electrons. The van der Waals surface area contributed by atoms with Crippen LogP contribution in [-0.4, -0.2) is 39.6 Å². The van der Waals surface area contributed by atoms with Crippen LogP contribution in [-0.2, 0) is 0 Å². The number of hydrogen-bond donors (Lipinski definition) is 1. The van der Waals surface area contributed by atoms with Crippen molar-refractivity contribution in [1.29, 1.82) is 0 Å². The largest absolute Gasteiger partial charge is 0.339 e. The number of aromatic nitrogens is 2. The molecule has 5 rings (SSSR count). The second-order valence-corrected chi connectivity index (χ2v) is 9.19. The van der Waals surface area contributed by atoms with Crippen molar-refractivity contribution in [1.82, 2.24) is 14.7 Å². The minimum Gasteiger partial charge on any atom is -0.339 e. The van der Waals surface area contributed by atoms with Gasteiger partial charge in [-0.3, -0.25) is 9.59 Å². The third-order valence-corrected chi connectivity index (χ3v) is 7.00. The van der Waals surface area contributed by atoms with Crippen molar-refractivity contribution in [3.8, 4) is 5.69 Å². The summed E-state index contributed by atoms with van der Waals surface area (Å²) in [4.78, 5) is 29.4. The third kappa shape index (κ3) is 4.14. The maximum atomic E-state index is 13.3. The lowest BCUT2D eigenvalue weighted by atomic mass is 10.1. The Labute approximate surface area is 194 Å². The van der Waals surface area contributed by atoms with E-state index in [-0.39, 0.29) is 17.6 Å². The van der Waals surface area contributed by atoms with Gasteiger partial charge in [-0.2, -0.15) is 5.10 Å². The Morgan fingerprint density at radius 2 is 1.76 bits per heavy atom. The van der Waals surface area contributed by atoms with E-state index in [1.165, 1.54) is 23.5 Å². The highest BCUT2D eigenvalue weighted by atomic mass is 32.1. The normalized spacial score (nSPS) is 13.9. The summed E-state index contributed by atoms with van der Waals surface area (Å²) in [6, 6.07) is 15.0. The minimum atomic E-state index is -0.317. The second-order valence-electron chi connectivity index (χ2n) is 8.16. The monoisotopic (exact) mass is 462 g/mol. The number of aryl methyl sites for hydroxylation is 1. The third-order valence-electron chi connectivity index (χ3n) is 5.89. The number of nitrogens with zero attached hydrogens (tertiary/aromatic N) is 3. The van der Waals surface area contributed by atoms with Crippen LogP contribution in [0.2, 0.25) is 0 Å². The molecular weight excluding hydrogens is 439 g/mol. The zero-order valence-corrected chi connectivity index (χ0v) is 19.0. The van der Waals surface area contributed by atoms with Crippen molar-refractivity contribution in [3.05, 3.63) is 76.5 Å². The van der Waals surface area contributed by atoms with Crippen LogP contribution >= 0.6 is 11.3 Å². The lowest BCUT2D eigenvalue weighted by molar-refractivity contribution is 0.0725. The van der Waals surface area contributed by atoms with Gasteiger partial charge in [0.15, 0.2) is 0 Å². The zero-order valence-electron chi connectivity index (χ0n) is 18.2. The van der Waals surface area contributed by atoms with Crippen molar-refractivity contribution >= 4 is 39.1 Å². The topological polar surface area (TPSA) is 67.2 Å². The molecule has 1 aliphatic heterocycles. The van der Waals surface area contributed by atoms with Crippen molar-refractivity contribution < 1.29 is 14.0 Å². The van der Waals surface area contributed by atoms with Crippen LogP contribution in [0.3, 0.4) is 0 Å². The van der Waals surface area contributed by atoms with Gasteiger partial charge in [0.05, 0.1) is 27.5 Å². The number of anilines is 1. The van der Waals surface area contributed by atoms with Crippen LogP contribution < -0.4 is 5.32 Å². The molecule has 1 aliphatic rings. The molecule has 0 radical (unpaired) electrons. The van der Waals surface area contributed by atoms with Gasteiger partial charge in [0.1, 0.15) is 10.6 Å². The summed E-state index contributed by atoms with van der Waals surface area (Å²) in [5, 5.41) is 8.34. The lowest BCUT2D eigenvalue weighted by Crippen LogP contribution is -2.36. The number of likely N-dealkylation sites (tertiary alicyclic amines) is 1. The number of carbonyl (C=O) groups excluding carboxylic acids is 2. The highest BCUT2D eigenvalue weighted by Crippen LogP contribution is 2.31. The molecule has 2 aromatic carbocycles. The molecule has 6 nitrogen and oxygen atoms in total. The maximum Gasteiger partial charge on any atom is 0.265 e. The molecule has 0 unspecified atom stereocenters. The number of halogens is 1. The highest BCUT2D eigenvalue weighted by molar-refractivity contribution is 7.20. The first kappa shape index (κ1) is 21.3. The number of thiophene rings is 1. The lowest BCUT2D eigenvalue weighted by Gasteiger charge is -2.27. The van der Waals surface area contributed by atoms with E-state index < -0.39 is 0 Å². The standard InChI is InChI=1S/C25H23FN4O2S/c1-16-20-15-22(33-25(20)30(28-16)18-11-9-17(26)10-12-18)23(31)27-21-8-4-3-7-19(21)24(32)29-13-5-2-6-14-29/h3-4,7-12,15H,2,5-6,13-14H2,1H3,(H,27,31). The molecule has 0 atom stereocenters. The van der Waals surface area contributed by atoms with Gasteiger partial charge >= 0.3 is 0 Å². The zero-order chi connectivity index (χ0) is 22.9. The van der Waals surface area contributed by atoms with Gasteiger partial charge in [0, 0.05) is 18.5 Å². The fourth-order valence-corrected chi connectivity index (χ4v) is 5.22. The minimum absolute atomic E-state index is 0.0512. The van der Waals surface area contributed by atoms with Crippen LogP contribution in [0.25, 0.3) is 15.9 Å². The fourth-order valence-electron chi connectivity index (χ4n) is 4.15. The van der Waals surface area contributed by atoms with Crippen molar-refractivity contribution in [3.63, 3.8) is 0 Å². The summed E-state index contributed by atoms with van der Waals surface area (Å²) < 4.78 is 15.1. The van der Waals surface area contributed by atoms with Crippen molar-refractivity contribution in [2.45, 2.75) is 26.2 Å². The number of hydrogen-bond acceptors (Lipinski definition) is 4. The van der Waals surface area contributed by atoms with Crippen LogP contribution in [0, 0.1) is 12.7 Å². The van der Waals surface area contributed by atoms with Crippen molar-refractivity contribution in [2.75, 3.05) is 18.4 Å². The van der Waals surface area contributed by atoms with Crippen LogP contribution in [0.15, 0.2) is 54.6 Å². The Bertz CT molecular complexity index is 1340. The average molecular weight is 463 g/mol. The van der Waals surface area contributed by atoms with E-state index in [0.717, 1.165) is 53.9 Å². The molecule has 1 saturated heterocycles. The quantitative estimate of drug-likeness (QED) is 0.441. The summed E-state index contributed by atoms with van der Waals surface area (Å²) >= 11 is 1.31. The number of rotatable bonds is 4. The van der Waals surface area contributed by atoms with Gasteiger partial charge in [0.2, 0.25) is 0 Å². The molecule has 8 heteroatoms. The summed E-state index contributed by atoms with van der Waals surface area (Å²) in [5.41, 5.74) is 2.51. The molecule has 0 aliphatic carbocycles. The summed E-state index contributed by atoms with van der Waals surface area (Å²) in [5.74, 6) is -0.646. The van der Waals surface area contributed by atoms with Crippen molar-refractivity contribution in [2.24, 2.45) is 0 Å². The van der Waals surface area contributed by atoms with E-state index >= 15 is 0 Å². The first-order valence-electron chi connectivity index (χ1n) is 11.0. The number of carbonyl (C=O) groups is 2. The Kier molecular flexibility index (Phi) is 5.68. The maximum absolute atomic E-state index is 13.3. The Balaban J connectivity index is 1.43. The Hall–Kier alpha value is -3.52. The number of benzene rings is 2. The summed E-state index contributed by atoms with van der Waals surface area (Å²) in [6.45, 7) is 3.37. The Morgan fingerprint density at radius 1 is 1.03 bits per heavy atom. The molecule has 0 saturated carbocycles. The number of piperidine rings is 1. The first-order chi connectivity index (χ1) is 16.0. The van der Waals surface area contributed by atoms with E-state index in [9.17, 15) is 14.0 Å². The van der Waals surface area contributed by atoms with Gasteiger partial charge in [-0.05, 0) is 68.7 Å². The van der Waals surface area contributed by atoms with Gasteiger partial charge in [-0.25, -0.2) is 9.07 Å². The van der Waals surface area contributed by atoms with E-state index in [4.69, 9.17) is 0 Å². The Morgan fingerprint density at radius 3 is 2.52 bits per heavy atom. The molecule has 0 bridgehead atoms. The second kappa shape index (κ2) is 8.78. The van der Waals surface area contributed by atoms with Crippen LogP contribution in [0.1, 0.15) is 45.0 Å². The highest BCUT2D eigenvalue weighted by Gasteiger charge is 2.23. The molecule has 4 aromatic rings. The molecule has 2 aromatic heterocycles. The van der Waals surface area contributed by atoms with E-state index in [2.05, 4.69) is 10.4 Å². The van der Waals surface area contributed by atoms with Crippen LogP contribution in [0.4, 0.5) is 10.1 Å². The van der Waals surface area contributed by atoms with Crippen LogP contribution in [0.5, 0.6) is 0 Å². The predicted octanol–water partition coefficient (Wildman–Crippen LogP) is 5.41. The van der Waals surface area contributed by atoms with E-state index in [0.29, 0.717) is 16.1 Å². The van der Waals surface area contributed by atoms with Gasteiger partial charge in [-0.1, -0.05) is 12.1 Å². The SMILES string of the molecule is Cc1nn(-c2ccc(F)cc2)c2sc(C(=O)Nc3ccccc3C(=O)N3CCCCC3)cc12.